The number of amides is 12. The van der Waals surface area contributed by atoms with Crippen LogP contribution in [0.15, 0.2) is 243 Å². The van der Waals surface area contributed by atoms with E-state index in [1.54, 1.807) is 165 Å². The van der Waals surface area contributed by atoms with Gasteiger partial charge in [-0.15, -0.1) is 0 Å². The Bertz CT molecular complexity index is 4670. The summed E-state index contributed by atoms with van der Waals surface area (Å²) >= 11 is 0. The van der Waals surface area contributed by atoms with Gasteiger partial charge in [0.2, 0.25) is 70.9 Å². The van der Waals surface area contributed by atoms with Crippen molar-refractivity contribution < 1.29 is 57.5 Å². The zero-order chi connectivity index (χ0) is 90.2. The van der Waals surface area contributed by atoms with Crippen LogP contribution in [0.2, 0.25) is 0 Å². The Balaban J connectivity index is 1.07. The quantitative estimate of drug-likeness (QED) is 0.0228. The van der Waals surface area contributed by atoms with E-state index in [9.17, 15) is 24.0 Å². The van der Waals surface area contributed by atoms with Gasteiger partial charge in [0.05, 0.1) is 38.8 Å². The van der Waals surface area contributed by atoms with Crippen LogP contribution in [0.1, 0.15) is 109 Å². The van der Waals surface area contributed by atoms with Gasteiger partial charge >= 0.3 is 0 Å². The molecule has 29 heteroatoms. The number of carbonyl (C=O) groups is 12. The molecule has 670 valence electrons. The molecule has 0 spiro atoms. The molecule has 0 fully saturated rings. The zero-order valence-electron chi connectivity index (χ0n) is 72.6. The first-order chi connectivity index (χ1) is 61.1. The van der Waals surface area contributed by atoms with E-state index in [0.717, 1.165) is 24.0 Å². The number of carbonyl (C=O) groups excluding carboxylic acids is 12. The second kappa shape index (κ2) is 54.7. The van der Waals surface area contributed by atoms with E-state index in [1.165, 1.54) is 53.9 Å². The number of nitrogens with two attached hydrogens (primary N) is 5. The minimum atomic E-state index is -0.829. The second-order valence-corrected chi connectivity index (χ2v) is 31.3. The lowest BCUT2D eigenvalue weighted by Gasteiger charge is -2.35. The van der Waals surface area contributed by atoms with Gasteiger partial charge in [0, 0.05) is 65.4 Å². The smallest absolute Gasteiger partial charge is 0.243 e. The van der Waals surface area contributed by atoms with Gasteiger partial charge in [-0.1, -0.05) is 243 Å². The molecule has 8 aromatic rings. The Morgan fingerprint density at radius 3 is 0.706 bits per heavy atom. The lowest BCUT2D eigenvalue weighted by atomic mass is 10.1. The van der Waals surface area contributed by atoms with Gasteiger partial charge in [0.15, 0.2) is 0 Å². The standard InChI is InChI=1S/C97H125N17O12/c1-77(85-48-24-9-25-49-85)114(97(126)75-113(65-84-46-22-8-23-47-84)92(121)68-105(56-32-28-52-100)88(117)70-109(61-80-38-14-4-15-39-80)94(123)72-108(60-79-36-12-3-13-37-79)87(116)58-103-54-30-26-50-98)76-96(125)106(57-33-29-53-101)69-91(120)112(64-83-44-20-7-21-45-83)74-95(124)110(62-81-40-16-5-17-41-81)71-89(118)104(55-31-27-51-99)67-90(119)111(63-82-42-18-6-19-43-82)73-93(122)107(66-86(102)115)59-78-34-10-2-11-35-78/h2-25,34-49,77,103H,26-33,50-76,98-101H2,1H3,(H2,102,115)/t77-/m0/s1. The normalized spacial score (nSPS) is 11.2. The molecular formula is C97H125N17O12. The number of benzene rings is 8. The largest absolute Gasteiger partial charge is 0.368 e. The topological polar surface area (TPSA) is 383 Å². The van der Waals surface area contributed by atoms with Crippen LogP contribution >= 0.6 is 0 Å². The van der Waals surface area contributed by atoms with Gasteiger partial charge in [0.1, 0.15) is 45.8 Å². The summed E-state index contributed by atoms with van der Waals surface area (Å²) in [5.41, 5.74) is 35.0. The molecule has 1 atom stereocenters. The van der Waals surface area contributed by atoms with Crippen molar-refractivity contribution in [2.45, 2.75) is 110 Å². The van der Waals surface area contributed by atoms with Gasteiger partial charge in [0.25, 0.3) is 0 Å². The van der Waals surface area contributed by atoms with Crippen LogP contribution in [0.3, 0.4) is 0 Å². The van der Waals surface area contributed by atoms with Gasteiger partial charge in [-0.25, -0.2) is 0 Å². The van der Waals surface area contributed by atoms with Crippen LogP contribution in [-0.2, 0) is 103 Å². The highest BCUT2D eigenvalue weighted by atomic mass is 16.2. The van der Waals surface area contributed by atoms with E-state index in [1.807, 2.05) is 84.9 Å². The number of hydrogen-bond acceptors (Lipinski definition) is 17. The summed E-state index contributed by atoms with van der Waals surface area (Å²) in [5, 5.41) is 3.18. The molecular weight excluding hydrogens is 1600 g/mol. The van der Waals surface area contributed by atoms with Crippen LogP contribution < -0.4 is 34.0 Å². The first-order valence-electron chi connectivity index (χ1n) is 43.3. The summed E-state index contributed by atoms with van der Waals surface area (Å²) in [6.45, 7) is -2.49. The highest BCUT2D eigenvalue weighted by Gasteiger charge is 2.35. The number of primary amides is 1. The van der Waals surface area contributed by atoms with E-state index >= 15 is 33.6 Å². The molecule has 0 unspecified atom stereocenters. The average Bonchev–Trinajstić information content (AvgIpc) is 0.762. The highest BCUT2D eigenvalue weighted by molar-refractivity contribution is 5.95. The number of unbranched alkanes of at least 4 members (excludes halogenated alkanes) is 4. The molecule has 8 aromatic carbocycles. The Morgan fingerprint density at radius 2 is 0.452 bits per heavy atom. The number of hydrogen-bond donors (Lipinski definition) is 6. The number of nitrogens with zero attached hydrogens (tertiary/aromatic N) is 11. The van der Waals surface area contributed by atoms with E-state index in [0.29, 0.717) is 85.0 Å². The monoisotopic (exact) mass is 1720 g/mol. The molecule has 0 radical (unpaired) electrons. The highest BCUT2D eigenvalue weighted by Crippen LogP contribution is 2.24. The van der Waals surface area contributed by atoms with Crippen molar-refractivity contribution in [3.63, 3.8) is 0 Å². The number of nitrogens with one attached hydrogen (secondary N) is 1. The molecule has 11 N–H and O–H groups in total. The predicted octanol–water partition coefficient (Wildman–Crippen LogP) is 6.29. The van der Waals surface area contributed by atoms with Crippen molar-refractivity contribution in [2.75, 3.05) is 131 Å². The third kappa shape index (κ3) is 34.7. The van der Waals surface area contributed by atoms with Gasteiger partial charge in [-0.2, -0.15) is 0 Å². The Morgan fingerprint density at radius 1 is 0.246 bits per heavy atom. The fraction of sp³-hybridized carbons (Fsp3) is 0.381. The summed E-state index contributed by atoms with van der Waals surface area (Å²) < 4.78 is 0. The molecule has 0 aliphatic carbocycles. The third-order valence-electron chi connectivity index (χ3n) is 21.4. The maximum Gasteiger partial charge on any atom is 0.243 e. The summed E-state index contributed by atoms with van der Waals surface area (Å²) in [4.78, 5) is 194. The van der Waals surface area contributed by atoms with Crippen LogP contribution in [0.4, 0.5) is 0 Å². The van der Waals surface area contributed by atoms with E-state index < -0.39 is 136 Å². The van der Waals surface area contributed by atoms with Gasteiger partial charge < -0.3 is 87.9 Å². The zero-order valence-corrected chi connectivity index (χ0v) is 72.6. The molecule has 0 bridgehead atoms. The first kappa shape index (κ1) is 98.6. The minimum Gasteiger partial charge on any atom is -0.368 e. The summed E-state index contributed by atoms with van der Waals surface area (Å²) in [6.07, 6.45) is 3.98. The molecule has 0 aromatic heterocycles. The molecule has 8 rings (SSSR count). The van der Waals surface area contributed by atoms with E-state index in [2.05, 4.69) is 5.32 Å². The van der Waals surface area contributed by atoms with Crippen molar-refractivity contribution in [3.05, 3.63) is 287 Å². The SMILES string of the molecule is C[C@@H](c1ccccc1)N(CC(=O)N(CCCCN)CC(=O)N(CC(=O)N(CC(=O)N(CCCCN)CC(=O)N(CC(=O)N(CC(N)=O)Cc1ccccc1)Cc1ccccc1)Cc1ccccc1)Cc1ccccc1)C(=O)CN(Cc1ccccc1)C(=O)CN(CCCCN)C(=O)CN(Cc1ccccc1)C(=O)CN(Cc1ccccc1)C(=O)CNCCCCN. The Labute approximate surface area is 740 Å². The Hall–Kier alpha value is -12.8. The van der Waals surface area contributed by atoms with E-state index in [-0.39, 0.29) is 104 Å². The van der Waals surface area contributed by atoms with Crippen LogP contribution in [0, 0.1) is 0 Å². The van der Waals surface area contributed by atoms with Crippen molar-refractivity contribution in [3.8, 4) is 0 Å². The lowest BCUT2D eigenvalue weighted by molar-refractivity contribution is -0.150. The van der Waals surface area contributed by atoms with Crippen LogP contribution in [0.5, 0.6) is 0 Å². The Kier molecular flexibility index (Phi) is 42.9. The van der Waals surface area contributed by atoms with Crippen molar-refractivity contribution >= 4 is 70.9 Å². The molecule has 0 saturated heterocycles. The lowest BCUT2D eigenvalue weighted by Crippen LogP contribution is -2.53. The summed E-state index contributed by atoms with van der Waals surface area (Å²) in [5.74, 6) is -7.25. The average molecular weight is 1720 g/mol. The second-order valence-electron chi connectivity index (χ2n) is 31.3. The molecule has 126 heavy (non-hydrogen) atoms. The maximum absolute atomic E-state index is 15.8. The number of rotatable bonds is 56. The van der Waals surface area contributed by atoms with Crippen molar-refractivity contribution in [2.24, 2.45) is 28.7 Å². The molecule has 0 aliphatic rings. The molecule has 12 amide bonds. The summed E-state index contributed by atoms with van der Waals surface area (Å²) in [7, 11) is 0. The van der Waals surface area contributed by atoms with Crippen molar-refractivity contribution in [1.29, 1.82) is 0 Å². The fourth-order valence-electron chi connectivity index (χ4n) is 14.3. The summed E-state index contributed by atoms with van der Waals surface area (Å²) in [6, 6.07) is 71.4. The van der Waals surface area contributed by atoms with Gasteiger partial charge in [-0.3, -0.25) is 57.5 Å². The maximum atomic E-state index is 15.8. The van der Waals surface area contributed by atoms with Gasteiger partial charge in [-0.05, 0) is 136 Å². The molecule has 0 aliphatic heterocycles. The van der Waals surface area contributed by atoms with Crippen LogP contribution in [0.25, 0.3) is 0 Å². The third-order valence-corrected chi connectivity index (χ3v) is 21.4. The van der Waals surface area contributed by atoms with Crippen molar-refractivity contribution in [1.82, 2.24) is 59.2 Å². The fourth-order valence-corrected chi connectivity index (χ4v) is 14.3. The molecule has 0 saturated carbocycles. The molecule has 0 heterocycles. The first-order valence-corrected chi connectivity index (χ1v) is 43.3. The molecule has 29 nitrogen and oxygen atoms in total. The predicted molar refractivity (Wildman–Crippen MR) is 485 cm³/mol. The minimum absolute atomic E-state index is 0.0151. The van der Waals surface area contributed by atoms with E-state index in [4.69, 9.17) is 28.7 Å². The van der Waals surface area contributed by atoms with Crippen LogP contribution in [-0.4, -0.2) is 256 Å².